The van der Waals surface area contributed by atoms with Crippen LogP contribution in [0.25, 0.3) is 0 Å². The van der Waals surface area contributed by atoms with Crippen LogP contribution < -0.4 is 5.32 Å². The molecule has 3 rings (SSSR count). The van der Waals surface area contributed by atoms with Crippen LogP contribution in [0.1, 0.15) is 48.5 Å². The molecule has 164 valence electrons. The lowest BCUT2D eigenvalue weighted by atomic mass is 10.00. The van der Waals surface area contributed by atoms with Gasteiger partial charge in [0, 0.05) is 25.2 Å². The first-order valence-electron chi connectivity index (χ1n) is 10.5. The van der Waals surface area contributed by atoms with Crippen LogP contribution in [0.5, 0.6) is 0 Å². The van der Waals surface area contributed by atoms with Crippen LogP contribution in [0.3, 0.4) is 0 Å². The van der Waals surface area contributed by atoms with Gasteiger partial charge in [0.15, 0.2) is 6.61 Å². The summed E-state index contributed by atoms with van der Waals surface area (Å²) in [6.07, 6.45) is 3.86. The summed E-state index contributed by atoms with van der Waals surface area (Å²) in [5.41, 5.74) is 1.09. The van der Waals surface area contributed by atoms with Gasteiger partial charge in [0.2, 0.25) is 0 Å². The molecule has 1 heterocycles. The number of anilines is 1. The van der Waals surface area contributed by atoms with E-state index in [0.717, 1.165) is 31.2 Å². The highest BCUT2D eigenvalue weighted by Gasteiger charge is 2.26. The van der Waals surface area contributed by atoms with Gasteiger partial charge in [0.1, 0.15) is 5.69 Å². The van der Waals surface area contributed by atoms with Crippen molar-refractivity contribution >= 4 is 23.3 Å². The largest absolute Gasteiger partial charge is 0.452 e. The number of piperidine rings is 1. The first-order valence-corrected chi connectivity index (χ1v) is 10.5. The average molecular weight is 425 g/mol. The van der Waals surface area contributed by atoms with Crippen molar-refractivity contribution in [3.63, 3.8) is 0 Å². The second-order valence-corrected chi connectivity index (χ2v) is 7.55. The Hall–Kier alpha value is -3.42. The highest BCUT2D eigenvalue weighted by Crippen LogP contribution is 2.27. The molecule has 1 aliphatic heterocycles. The van der Waals surface area contributed by atoms with Crippen molar-refractivity contribution in [1.82, 2.24) is 4.90 Å². The molecular weight excluding hydrogens is 398 g/mol. The van der Waals surface area contributed by atoms with Crippen molar-refractivity contribution in [1.29, 1.82) is 0 Å². The number of carbonyl (C=O) groups is 2. The van der Waals surface area contributed by atoms with Crippen LogP contribution in [-0.4, -0.2) is 40.9 Å². The Balaban J connectivity index is 1.63. The second-order valence-electron chi connectivity index (χ2n) is 7.55. The van der Waals surface area contributed by atoms with Crippen molar-refractivity contribution in [3.05, 3.63) is 69.8 Å². The molecule has 1 amide bonds. The first kappa shape index (κ1) is 22.3. The first-order chi connectivity index (χ1) is 15.0. The number of benzene rings is 2. The van der Waals surface area contributed by atoms with Crippen LogP contribution in [0.4, 0.5) is 11.4 Å². The Morgan fingerprint density at radius 3 is 2.68 bits per heavy atom. The zero-order valence-corrected chi connectivity index (χ0v) is 17.6. The van der Waals surface area contributed by atoms with Crippen LogP contribution >= 0.6 is 0 Å². The molecule has 0 saturated carbocycles. The number of carbonyl (C=O) groups excluding carboxylic acids is 2. The van der Waals surface area contributed by atoms with Gasteiger partial charge in [-0.3, -0.25) is 14.9 Å². The van der Waals surface area contributed by atoms with Gasteiger partial charge < -0.3 is 15.0 Å². The van der Waals surface area contributed by atoms with E-state index in [0.29, 0.717) is 18.8 Å². The maximum Gasteiger partial charge on any atom is 0.338 e. The Bertz CT molecular complexity index is 932. The molecule has 1 aliphatic rings. The summed E-state index contributed by atoms with van der Waals surface area (Å²) in [5, 5.41) is 14.5. The van der Waals surface area contributed by atoms with Crippen molar-refractivity contribution in [3.8, 4) is 0 Å². The van der Waals surface area contributed by atoms with Gasteiger partial charge in [-0.1, -0.05) is 37.3 Å². The lowest BCUT2D eigenvalue weighted by Gasteiger charge is -2.35. The smallest absolute Gasteiger partial charge is 0.338 e. The zero-order chi connectivity index (χ0) is 22.2. The van der Waals surface area contributed by atoms with Crippen molar-refractivity contribution in [2.45, 2.75) is 45.2 Å². The number of ether oxygens (including phenoxy) is 1. The predicted molar refractivity (Wildman–Crippen MR) is 117 cm³/mol. The molecule has 1 fully saturated rings. The van der Waals surface area contributed by atoms with Gasteiger partial charge in [-0.15, -0.1) is 0 Å². The molecule has 0 spiro atoms. The summed E-state index contributed by atoms with van der Waals surface area (Å²) in [6, 6.07) is 13.8. The van der Waals surface area contributed by atoms with Gasteiger partial charge >= 0.3 is 5.97 Å². The van der Waals surface area contributed by atoms with E-state index in [-0.39, 0.29) is 29.8 Å². The number of nitrogens with one attached hydrogen (secondary N) is 1. The van der Waals surface area contributed by atoms with E-state index < -0.39 is 10.9 Å². The maximum absolute atomic E-state index is 12.5. The number of esters is 1. The fourth-order valence-corrected chi connectivity index (χ4v) is 3.80. The molecule has 0 radical (unpaired) electrons. The lowest BCUT2D eigenvalue weighted by Crippen LogP contribution is -2.45. The van der Waals surface area contributed by atoms with Gasteiger partial charge in [-0.25, -0.2) is 4.79 Å². The zero-order valence-electron chi connectivity index (χ0n) is 17.6. The molecule has 0 unspecified atom stereocenters. The third-order valence-corrected chi connectivity index (χ3v) is 5.50. The Labute approximate surface area is 181 Å². The lowest BCUT2D eigenvalue weighted by molar-refractivity contribution is -0.384. The number of nitrogens with zero attached hydrogens (tertiary/aromatic N) is 2. The number of nitro benzene ring substituents is 1. The summed E-state index contributed by atoms with van der Waals surface area (Å²) in [7, 11) is 0. The average Bonchev–Trinajstić information content (AvgIpc) is 2.81. The molecule has 8 heteroatoms. The molecule has 8 nitrogen and oxygen atoms in total. The van der Waals surface area contributed by atoms with E-state index >= 15 is 0 Å². The molecule has 2 aromatic carbocycles. The Morgan fingerprint density at radius 2 is 1.97 bits per heavy atom. The topological polar surface area (TPSA) is 102 Å². The van der Waals surface area contributed by atoms with Crippen molar-refractivity contribution < 1.29 is 19.2 Å². The highest BCUT2D eigenvalue weighted by molar-refractivity contribution is 5.93. The van der Waals surface area contributed by atoms with Gasteiger partial charge in [-0.05, 0) is 43.4 Å². The fraction of sp³-hybridized carbons (Fsp3) is 0.391. The number of amides is 1. The van der Waals surface area contributed by atoms with E-state index in [2.05, 4.69) is 5.32 Å². The fourth-order valence-electron chi connectivity index (χ4n) is 3.80. The Kier molecular flexibility index (Phi) is 7.59. The van der Waals surface area contributed by atoms with Crippen molar-refractivity contribution in [2.75, 3.05) is 18.5 Å². The minimum Gasteiger partial charge on any atom is -0.452 e. The van der Waals surface area contributed by atoms with Gasteiger partial charge in [-0.2, -0.15) is 0 Å². The molecule has 0 aromatic heterocycles. The predicted octanol–water partition coefficient (Wildman–Crippen LogP) is 4.15. The number of nitro groups is 1. The molecular formula is C23H27N3O5. The Morgan fingerprint density at radius 1 is 1.19 bits per heavy atom. The summed E-state index contributed by atoms with van der Waals surface area (Å²) in [5.74, 6) is -0.980. The molecule has 0 aliphatic carbocycles. The summed E-state index contributed by atoms with van der Waals surface area (Å²) in [4.78, 5) is 37.6. The van der Waals surface area contributed by atoms with Crippen LogP contribution in [-0.2, 0) is 16.1 Å². The monoisotopic (exact) mass is 425 g/mol. The van der Waals surface area contributed by atoms with Crippen LogP contribution in [0.2, 0.25) is 0 Å². The van der Waals surface area contributed by atoms with E-state index in [9.17, 15) is 19.7 Å². The second kappa shape index (κ2) is 10.6. The van der Waals surface area contributed by atoms with Crippen LogP contribution in [0.15, 0.2) is 48.5 Å². The molecule has 2 aromatic rings. The third-order valence-electron chi connectivity index (χ3n) is 5.50. The quantitative estimate of drug-likeness (QED) is 0.387. The van der Waals surface area contributed by atoms with E-state index in [1.165, 1.54) is 18.2 Å². The minimum atomic E-state index is -0.754. The summed E-state index contributed by atoms with van der Waals surface area (Å²) in [6.45, 7) is 2.75. The van der Waals surface area contributed by atoms with Gasteiger partial charge in [0.25, 0.3) is 11.6 Å². The van der Waals surface area contributed by atoms with Crippen molar-refractivity contribution in [2.24, 2.45) is 0 Å². The molecule has 1 N–H and O–H groups in total. The molecule has 0 bridgehead atoms. The SMILES string of the molecule is CC[C@H]1CCCCN1C(=O)COC(=O)c1ccc(NCc2ccccc2)c([N+](=O)[O-])c1. The normalized spacial score (nSPS) is 15.9. The van der Waals surface area contributed by atoms with E-state index in [1.807, 2.05) is 37.3 Å². The number of hydrogen-bond donors (Lipinski definition) is 1. The summed E-state index contributed by atoms with van der Waals surface area (Å²) >= 11 is 0. The minimum absolute atomic E-state index is 0.0375. The summed E-state index contributed by atoms with van der Waals surface area (Å²) < 4.78 is 5.17. The molecule has 31 heavy (non-hydrogen) atoms. The third kappa shape index (κ3) is 5.81. The van der Waals surface area contributed by atoms with Crippen LogP contribution in [0, 0.1) is 10.1 Å². The molecule has 1 atom stereocenters. The van der Waals surface area contributed by atoms with Gasteiger partial charge in [0.05, 0.1) is 10.5 Å². The highest BCUT2D eigenvalue weighted by atomic mass is 16.6. The standard InChI is InChI=1S/C23H27N3O5/c1-2-19-10-6-7-13-25(19)22(27)16-31-23(28)18-11-12-20(21(14-18)26(29)30)24-15-17-8-4-3-5-9-17/h3-5,8-9,11-12,14,19,24H,2,6-7,10,13,15-16H2,1H3/t19-/m0/s1. The maximum atomic E-state index is 12.5. The number of likely N-dealkylation sites (tertiary alicyclic amines) is 1. The number of rotatable bonds is 8. The van der Waals surface area contributed by atoms with E-state index in [4.69, 9.17) is 4.74 Å². The van der Waals surface area contributed by atoms with E-state index in [1.54, 1.807) is 4.90 Å². The molecule has 1 saturated heterocycles. The number of hydrogen-bond acceptors (Lipinski definition) is 6.